The number of carboxylic acid groups (broad SMARTS) is 1. The summed E-state index contributed by atoms with van der Waals surface area (Å²) in [5, 5.41) is 20.9. The molecule has 0 saturated heterocycles. The summed E-state index contributed by atoms with van der Waals surface area (Å²) in [4.78, 5) is 23.4. The maximum absolute atomic E-state index is 12.3. The maximum atomic E-state index is 12.3. The SMILES string of the molecule is C=C(C)c1ccc(NC(=O)c2ccccc2C(=O)O)cc1C#N. The van der Waals surface area contributed by atoms with Gasteiger partial charge in [0.15, 0.2) is 0 Å². The predicted octanol–water partition coefficient (Wildman–Crippen LogP) is 3.54. The lowest BCUT2D eigenvalue weighted by Gasteiger charge is -2.10. The minimum atomic E-state index is -1.17. The van der Waals surface area contributed by atoms with E-state index < -0.39 is 11.9 Å². The number of amides is 1. The second kappa shape index (κ2) is 6.58. The number of nitriles is 1. The molecule has 23 heavy (non-hydrogen) atoms. The third-order valence-corrected chi connectivity index (χ3v) is 3.26. The summed E-state index contributed by atoms with van der Waals surface area (Å²) in [7, 11) is 0. The second-order valence-electron chi connectivity index (χ2n) is 4.96. The first-order valence-corrected chi connectivity index (χ1v) is 6.77. The average molecular weight is 306 g/mol. The Hall–Kier alpha value is -3.39. The van der Waals surface area contributed by atoms with Gasteiger partial charge in [-0.1, -0.05) is 24.8 Å². The van der Waals surface area contributed by atoms with Gasteiger partial charge in [0.05, 0.1) is 22.8 Å². The minimum absolute atomic E-state index is 0.0579. The van der Waals surface area contributed by atoms with E-state index in [1.165, 1.54) is 18.2 Å². The van der Waals surface area contributed by atoms with Crippen molar-refractivity contribution in [2.24, 2.45) is 0 Å². The first-order chi connectivity index (χ1) is 10.9. The molecule has 0 atom stereocenters. The molecule has 0 aromatic heterocycles. The van der Waals surface area contributed by atoms with Crippen LogP contribution in [0.1, 0.15) is 38.8 Å². The van der Waals surface area contributed by atoms with Crippen molar-refractivity contribution in [3.63, 3.8) is 0 Å². The van der Waals surface area contributed by atoms with E-state index in [0.717, 1.165) is 5.57 Å². The highest BCUT2D eigenvalue weighted by Gasteiger charge is 2.16. The van der Waals surface area contributed by atoms with Crippen LogP contribution in [0.3, 0.4) is 0 Å². The Balaban J connectivity index is 2.33. The quantitative estimate of drug-likeness (QED) is 0.904. The molecule has 2 rings (SSSR count). The lowest BCUT2D eigenvalue weighted by Crippen LogP contribution is -2.16. The smallest absolute Gasteiger partial charge is 0.336 e. The molecule has 0 aliphatic carbocycles. The molecule has 0 bridgehead atoms. The minimum Gasteiger partial charge on any atom is -0.478 e. The van der Waals surface area contributed by atoms with Crippen LogP contribution in [0.2, 0.25) is 0 Å². The maximum Gasteiger partial charge on any atom is 0.336 e. The van der Waals surface area contributed by atoms with Gasteiger partial charge in [0.1, 0.15) is 0 Å². The molecule has 2 N–H and O–H groups in total. The number of carbonyl (C=O) groups is 2. The summed E-state index contributed by atoms with van der Waals surface area (Å²) >= 11 is 0. The zero-order valence-corrected chi connectivity index (χ0v) is 12.5. The van der Waals surface area contributed by atoms with Gasteiger partial charge in [-0.05, 0) is 42.3 Å². The van der Waals surface area contributed by atoms with E-state index in [1.807, 2.05) is 0 Å². The Morgan fingerprint density at radius 2 is 1.78 bits per heavy atom. The fourth-order valence-electron chi connectivity index (χ4n) is 2.15. The molecule has 0 unspecified atom stereocenters. The van der Waals surface area contributed by atoms with Crippen molar-refractivity contribution in [2.75, 3.05) is 5.32 Å². The summed E-state index contributed by atoms with van der Waals surface area (Å²) in [6.07, 6.45) is 0. The normalized spacial score (nSPS) is 9.74. The fourth-order valence-corrected chi connectivity index (χ4v) is 2.15. The molecular weight excluding hydrogens is 292 g/mol. The fraction of sp³-hybridized carbons (Fsp3) is 0.0556. The lowest BCUT2D eigenvalue weighted by molar-refractivity contribution is 0.0692. The molecule has 0 radical (unpaired) electrons. The number of anilines is 1. The number of hydrogen-bond donors (Lipinski definition) is 2. The molecule has 0 spiro atoms. The topological polar surface area (TPSA) is 90.2 Å². The Labute approximate surface area is 133 Å². The molecule has 0 heterocycles. The molecule has 5 heteroatoms. The van der Waals surface area contributed by atoms with Gasteiger partial charge in [-0.25, -0.2) is 4.79 Å². The molecule has 0 aliphatic heterocycles. The van der Waals surface area contributed by atoms with Gasteiger partial charge in [-0.15, -0.1) is 0 Å². The highest BCUT2D eigenvalue weighted by atomic mass is 16.4. The van der Waals surface area contributed by atoms with Gasteiger partial charge in [0.2, 0.25) is 0 Å². The summed E-state index contributed by atoms with van der Waals surface area (Å²) in [6, 6.07) is 12.9. The molecule has 2 aromatic carbocycles. The monoisotopic (exact) mass is 306 g/mol. The molecule has 0 saturated carbocycles. The Kier molecular flexibility index (Phi) is 4.58. The van der Waals surface area contributed by atoms with Gasteiger partial charge in [0, 0.05) is 5.69 Å². The predicted molar refractivity (Wildman–Crippen MR) is 87.2 cm³/mol. The first-order valence-electron chi connectivity index (χ1n) is 6.77. The standard InChI is InChI=1S/C18H14N2O3/c1-11(2)14-8-7-13(9-12(14)10-19)20-17(21)15-5-3-4-6-16(15)18(22)23/h3-9H,1H2,2H3,(H,20,21)(H,22,23). The Bertz CT molecular complexity index is 848. The van der Waals surface area contributed by atoms with Gasteiger partial charge in [-0.2, -0.15) is 5.26 Å². The number of aromatic carboxylic acids is 1. The van der Waals surface area contributed by atoms with Crippen LogP contribution in [-0.4, -0.2) is 17.0 Å². The van der Waals surface area contributed by atoms with Gasteiger partial charge >= 0.3 is 5.97 Å². The zero-order chi connectivity index (χ0) is 17.0. The van der Waals surface area contributed by atoms with Gasteiger partial charge in [-0.3, -0.25) is 4.79 Å². The van der Waals surface area contributed by atoms with E-state index in [9.17, 15) is 14.9 Å². The van der Waals surface area contributed by atoms with E-state index in [1.54, 1.807) is 31.2 Å². The first kappa shape index (κ1) is 16.0. The van der Waals surface area contributed by atoms with Crippen LogP contribution in [0.25, 0.3) is 5.57 Å². The highest BCUT2D eigenvalue weighted by molar-refractivity contribution is 6.10. The summed E-state index contributed by atoms with van der Waals surface area (Å²) in [5.41, 5.74) is 2.23. The largest absolute Gasteiger partial charge is 0.478 e. The molecule has 1 amide bonds. The number of carbonyl (C=O) groups excluding carboxylic acids is 1. The number of rotatable bonds is 4. The van der Waals surface area contributed by atoms with Crippen LogP contribution in [0.4, 0.5) is 5.69 Å². The third kappa shape index (κ3) is 3.44. The van der Waals surface area contributed by atoms with Crippen molar-refractivity contribution in [2.45, 2.75) is 6.92 Å². The van der Waals surface area contributed by atoms with E-state index >= 15 is 0 Å². The van der Waals surface area contributed by atoms with E-state index in [2.05, 4.69) is 18.0 Å². The molecular formula is C18H14N2O3. The molecule has 0 fully saturated rings. The van der Waals surface area contributed by atoms with Gasteiger partial charge in [0.25, 0.3) is 5.91 Å². The Morgan fingerprint density at radius 1 is 1.13 bits per heavy atom. The van der Waals surface area contributed by atoms with E-state index in [0.29, 0.717) is 16.8 Å². The van der Waals surface area contributed by atoms with Crippen LogP contribution in [0, 0.1) is 11.3 Å². The number of hydrogen-bond acceptors (Lipinski definition) is 3. The van der Waals surface area contributed by atoms with Crippen molar-refractivity contribution in [3.05, 3.63) is 71.3 Å². The molecule has 2 aromatic rings. The van der Waals surface area contributed by atoms with Crippen LogP contribution in [-0.2, 0) is 0 Å². The van der Waals surface area contributed by atoms with Crippen molar-refractivity contribution in [1.82, 2.24) is 0 Å². The van der Waals surface area contributed by atoms with Crippen molar-refractivity contribution in [3.8, 4) is 6.07 Å². The van der Waals surface area contributed by atoms with Crippen molar-refractivity contribution >= 4 is 23.1 Å². The highest BCUT2D eigenvalue weighted by Crippen LogP contribution is 2.22. The van der Waals surface area contributed by atoms with Crippen LogP contribution >= 0.6 is 0 Å². The van der Waals surface area contributed by atoms with Crippen molar-refractivity contribution < 1.29 is 14.7 Å². The van der Waals surface area contributed by atoms with Crippen LogP contribution < -0.4 is 5.32 Å². The summed E-state index contributed by atoms with van der Waals surface area (Å²) in [6.45, 7) is 5.59. The summed E-state index contributed by atoms with van der Waals surface area (Å²) in [5.74, 6) is -1.72. The van der Waals surface area contributed by atoms with E-state index in [4.69, 9.17) is 5.11 Å². The molecule has 5 nitrogen and oxygen atoms in total. The third-order valence-electron chi connectivity index (χ3n) is 3.26. The number of benzene rings is 2. The molecule has 0 aliphatic rings. The number of carboxylic acids is 1. The average Bonchev–Trinajstić information content (AvgIpc) is 2.54. The number of nitrogens with one attached hydrogen (secondary N) is 1. The summed E-state index contributed by atoms with van der Waals surface area (Å²) < 4.78 is 0. The Morgan fingerprint density at radius 3 is 2.35 bits per heavy atom. The van der Waals surface area contributed by atoms with Crippen LogP contribution in [0.5, 0.6) is 0 Å². The lowest BCUT2D eigenvalue weighted by atomic mass is 10.0. The van der Waals surface area contributed by atoms with Crippen LogP contribution in [0.15, 0.2) is 49.0 Å². The molecule has 114 valence electrons. The van der Waals surface area contributed by atoms with Crippen molar-refractivity contribution in [1.29, 1.82) is 5.26 Å². The number of allylic oxidation sites excluding steroid dienone is 1. The zero-order valence-electron chi connectivity index (χ0n) is 12.5. The van der Waals surface area contributed by atoms with E-state index in [-0.39, 0.29) is 11.1 Å². The van der Waals surface area contributed by atoms with Gasteiger partial charge < -0.3 is 10.4 Å². The number of nitrogens with zero attached hydrogens (tertiary/aromatic N) is 1. The second-order valence-corrected chi connectivity index (χ2v) is 4.96.